The summed E-state index contributed by atoms with van der Waals surface area (Å²) in [6.45, 7) is 2.06. The molecule has 144 valence electrons. The number of aromatic nitrogens is 6. The second-order valence-corrected chi connectivity index (χ2v) is 8.65. The monoisotopic (exact) mass is 394 g/mol. The van der Waals surface area contributed by atoms with Gasteiger partial charge in [-0.05, 0) is 44.7 Å². The molecular weight excluding hydrogens is 372 g/mol. The van der Waals surface area contributed by atoms with Crippen molar-refractivity contribution in [2.45, 2.75) is 55.0 Å². The molecule has 28 heavy (non-hydrogen) atoms. The van der Waals surface area contributed by atoms with Gasteiger partial charge in [-0.3, -0.25) is 0 Å². The fourth-order valence-electron chi connectivity index (χ4n) is 3.17. The highest BCUT2D eigenvalue weighted by molar-refractivity contribution is 7.99. The van der Waals surface area contributed by atoms with Gasteiger partial charge in [0.1, 0.15) is 11.6 Å². The molecule has 2 saturated carbocycles. The van der Waals surface area contributed by atoms with Gasteiger partial charge in [0.15, 0.2) is 5.16 Å². The molecule has 0 aliphatic heterocycles. The Kier molecular flexibility index (Phi) is 4.38. The molecule has 2 aliphatic carbocycles. The van der Waals surface area contributed by atoms with E-state index >= 15 is 0 Å². The molecule has 3 aromatic rings. The van der Waals surface area contributed by atoms with Crippen LogP contribution >= 0.6 is 11.8 Å². The summed E-state index contributed by atoms with van der Waals surface area (Å²) in [7, 11) is 0. The molecule has 2 fully saturated rings. The molecule has 1 aromatic carbocycles. The minimum atomic E-state index is -0.0182. The zero-order valence-corrected chi connectivity index (χ0v) is 16.4. The number of hydrogen-bond donors (Lipinski definition) is 2. The van der Waals surface area contributed by atoms with Crippen LogP contribution in [0.2, 0.25) is 0 Å². The van der Waals surface area contributed by atoms with Crippen LogP contribution < -0.4 is 11.1 Å². The summed E-state index contributed by atoms with van der Waals surface area (Å²) in [5.41, 5.74) is 6.84. The predicted octanol–water partition coefficient (Wildman–Crippen LogP) is 3.85. The first-order valence-electron chi connectivity index (χ1n) is 9.62. The van der Waals surface area contributed by atoms with Gasteiger partial charge in [0.2, 0.25) is 11.9 Å². The van der Waals surface area contributed by atoms with E-state index in [-0.39, 0.29) is 11.2 Å². The van der Waals surface area contributed by atoms with Gasteiger partial charge in [-0.25, -0.2) is 0 Å². The first kappa shape index (κ1) is 17.4. The molecule has 0 radical (unpaired) electrons. The van der Waals surface area contributed by atoms with Crippen LogP contribution in [-0.4, -0.2) is 29.7 Å². The molecule has 0 spiro atoms. The summed E-state index contributed by atoms with van der Waals surface area (Å²) in [5, 5.41) is 13.1. The third kappa shape index (κ3) is 3.66. The summed E-state index contributed by atoms with van der Waals surface area (Å²) in [5.74, 6) is 3.03. The predicted molar refractivity (Wildman–Crippen MR) is 109 cm³/mol. The van der Waals surface area contributed by atoms with Gasteiger partial charge < -0.3 is 15.6 Å². The maximum atomic E-state index is 5.94. The van der Waals surface area contributed by atoms with Crippen LogP contribution in [0.25, 0.3) is 0 Å². The summed E-state index contributed by atoms with van der Waals surface area (Å²) < 4.78 is 2.34. The number of para-hydroxylation sites is 1. The maximum Gasteiger partial charge on any atom is 0.232 e. The van der Waals surface area contributed by atoms with Crippen molar-refractivity contribution in [1.82, 2.24) is 29.7 Å². The second kappa shape index (κ2) is 7.05. The van der Waals surface area contributed by atoms with Gasteiger partial charge in [0.25, 0.3) is 0 Å². The summed E-state index contributed by atoms with van der Waals surface area (Å²) >= 11 is 1.63. The maximum absolute atomic E-state index is 5.94. The molecule has 2 heterocycles. The molecule has 1 unspecified atom stereocenters. The van der Waals surface area contributed by atoms with Crippen LogP contribution in [0.4, 0.5) is 17.6 Å². The van der Waals surface area contributed by atoms with Crippen molar-refractivity contribution in [1.29, 1.82) is 0 Å². The number of nitrogens with two attached hydrogens (primary N) is 1. The van der Waals surface area contributed by atoms with Crippen molar-refractivity contribution in [3.63, 3.8) is 0 Å². The van der Waals surface area contributed by atoms with Gasteiger partial charge in [-0.1, -0.05) is 30.0 Å². The zero-order chi connectivity index (χ0) is 19.1. The molecule has 2 aliphatic rings. The van der Waals surface area contributed by atoms with E-state index in [1.165, 1.54) is 25.7 Å². The molecule has 0 amide bonds. The molecule has 3 N–H and O–H groups in total. The van der Waals surface area contributed by atoms with Gasteiger partial charge in [0, 0.05) is 17.6 Å². The Balaban J connectivity index is 1.37. The normalized spacial score (nSPS) is 17.5. The van der Waals surface area contributed by atoms with E-state index < -0.39 is 0 Å². The fourth-order valence-corrected chi connectivity index (χ4v) is 4.14. The van der Waals surface area contributed by atoms with Gasteiger partial charge >= 0.3 is 0 Å². The molecule has 9 heteroatoms. The van der Waals surface area contributed by atoms with Gasteiger partial charge in [-0.15, -0.1) is 10.2 Å². The third-order valence-corrected chi connectivity index (χ3v) is 5.94. The van der Waals surface area contributed by atoms with E-state index in [0.717, 1.165) is 16.7 Å². The van der Waals surface area contributed by atoms with Crippen molar-refractivity contribution in [3.8, 4) is 0 Å². The number of hydrogen-bond acceptors (Lipinski definition) is 8. The first-order valence-corrected chi connectivity index (χ1v) is 10.5. The Morgan fingerprint density at radius 1 is 1.07 bits per heavy atom. The molecule has 8 nitrogen and oxygen atoms in total. The van der Waals surface area contributed by atoms with Crippen molar-refractivity contribution in [3.05, 3.63) is 42.0 Å². The minimum absolute atomic E-state index is 0.0182. The Morgan fingerprint density at radius 2 is 1.86 bits per heavy atom. The summed E-state index contributed by atoms with van der Waals surface area (Å²) in [6.07, 6.45) is 4.88. The highest BCUT2D eigenvalue weighted by Gasteiger charge is 2.36. The van der Waals surface area contributed by atoms with Crippen LogP contribution in [-0.2, 0) is 0 Å². The molecule has 2 aromatic heterocycles. The third-order valence-electron chi connectivity index (χ3n) is 4.89. The van der Waals surface area contributed by atoms with Gasteiger partial charge in [-0.2, -0.15) is 15.0 Å². The quantitative estimate of drug-likeness (QED) is 0.582. The van der Waals surface area contributed by atoms with Crippen molar-refractivity contribution in [2.75, 3.05) is 11.1 Å². The lowest BCUT2D eigenvalue weighted by Crippen LogP contribution is -2.09. The van der Waals surface area contributed by atoms with Crippen LogP contribution in [0.3, 0.4) is 0 Å². The largest absolute Gasteiger partial charge is 0.368 e. The molecule has 0 saturated heterocycles. The minimum Gasteiger partial charge on any atom is -0.368 e. The second-order valence-electron chi connectivity index (χ2n) is 7.34. The molecule has 1 atom stereocenters. The van der Waals surface area contributed by atoms with Crippen molar-refractivity contribution in [2.24, 2.45) is 0 Å². The lowest BCUT2D eigenvalue weighted by Gasteiger charge is -2.13. The van der Waals surface area contributed by atoms with Crippen LogP contribution in [0.1, 0.15) is 61.5 Å². The number of rotatable bonds is 7. The van der Waals surface area contributed by atoms with E-state index in [1.54, 1.807) is 11.8 Å². The van der Waals surface area contributed by atoms with E-state index in [1.807, 2.05) is 30.3 Å². The molecule has 0 bridgehead atoms. The molecule has 5 rings (SSSR count). The van der Waals surface area contributed by atoms with E-state index in [0.29, 0.717) is 23.7 Å². The lowest BCUT2D eigenvalue weighted by atomic mass is 10.3. The topological polar surface area (TPSA) is 107 Å². The Bertz CT molecular complexity index is 981. The van der Waals surface area contributed by atoms with E-state index in [4.69, 9.17) is 5.73 Å². The first-order chi connectivity index (χ1) is 13.7. The van der Waals surface area contributed by atoms with Crippen LogP contribution in [0, 0.1) is 0 Å². The number of nitrogens with zero attached hydrogens (tertiary/aromatic N) is 6. The number of benzene rings is 1. The summed E-state index contributed by atoms with van der Waals surface area (Å²) in [4.78, 5) is 13.1. The fraction of sp³-hybridized carbons (Fsp3) is 0.421. The van der Waals surface area contributed by atoms with Crippen LogP contribution in [0.5, 0.6) is 0 Å². The number of nitrogens with one attached hydrogen (secondary N) is 1. The smallest absolute Gasteiger partial charge is 0.232 e. The summed E-state index contributed by atoms with van der Waals surface area (Å²) in [6, 6.07) is 10.3. The highest BCUT2D eigenvalue weighted by Crippen LogP contribution is 2.47. The Morgan fingerprint density at radius 3 is 2.57 bits per heavy atom. The Hall–Kier alpha value is -2.68. The van der Waals surface area contributed by atoms with Crippen LogP contribution in [0.15, 0.2) is 35.5 Å². The molecular formula is C19H22N8S. The Labute approximate surface area is 167 Å². The highest BCUT2D eigenvalue weighted by atomic mass is 32.2. The van der Waals surface area contributed by atoms with Gasteiger partial charge in [0.05, 0.1) is 5.25 Å². The standard InChI is InChI=1S/C19H22N8S/c1-11(28-19-26-25-16(12-7-8-12)27(19)14-9-10-14)15-22-17(20)24-18(23-15)21-13-5-3-2-4-6-13/h2-6,11-12,14H,7-10H2,1H3,(H3,20,21,22,23,24). The van der Waals surface area contributed by atoms with Crippen molar-refractivity contribution >= 4 is 29.3 Å². The number of thioether (sulfide) groups is 1. The lowest BCUT2D eigenvalue weighted by molar-refractivity contribution is 0.625. The van der Waals surface area contributed by atoms with Crippen molar-refractivity contribution < 1.29 is 0 Å². The SMILES string of the molecule is CC(Sc1nnc(C2CC2)n1C1CC1)c1nc(N)nc(Nc2ccccc2)n1. The number of anilines is 3. The number of nitrogen functional groups attached to an aromatic ring is 1. The average molecular weight is 395 g/mol. The average Bonchev–Trinajstić information content (AvgIpc) is 3.61. The zero-order valence-electron chi connectivity index (χ0n) is 15.6. The van der Waals surface area contributed by atoms with E-state index in [2.05, 4.69) is 42.0 Å². The van der Waals surface area contributed by atoms with E-state index in [9.17, 15) is 0 Å².